The summed E-state index contributed by atoms with van der Waals surface area (Å²) in [7, 11) is 4.00. The lowest BCUT2D eigenvalue weighted by Gasteiger charge is -2.19. The molecule has 0 spiro atoms. The van der Waals surface area contributed by atoms with Gasteiger partial charge in [-0.2, -0.15) is 0 Å². The third-order valence-electron chi connectivity index (χ3n) is 4.83. The predicted octanol–water partition coefficient (Wildman–Crippen LogP) is 1.56. The average Bonchev–Trinajstić information content (AvgIpc) is 3.01. The minimum absolute atomic E-state index is 0.150. The molecule has 2 N–H and O–H groups in total. The van der Waals surface area contributed by atoms with Crippen molar-refractivity contribution in [3.05, 3.63) is 29.8 Å². The van der Waals surface area contributed by atoms with E-state index in [0.29, 0.717) is 11.8 Å². The highest BCUT2D eigenvalue weighted by Crippen LogP contribution is 2.37. The van der Waals surface area contributed by atoms with Crippen LogP contribution < -0.4 is 10.6 Å². The van der Waals surface area contributed by atoms with Gasteiger partial charge in [-0.1, -0.05) is 0 Å². The molecule has 1 aliphatic carbocycles. The van der Waals surface area contributed by atoms with Crippen molar-refractivity contribution < 1.29 is 4.79 Å². The van der Waals surface area contributed by atoms with Gasteiger partial charge in [0.1, 0.15) is 0 Å². The molecule has 1 aromatic rings. The number of amides is 1. The van der Waals surface area contributed by atoms with E-state index in [1.807, 2.05) is 48.2 Å². The predicted molar refractivity (Wildman–Crippen MR) is 80.9 cm³/mol. The minimum Gasteiger partial charge on any atom is -0.378 e. The Balaban J connectivity index is 1.70. The second-order valence-corrected chi connectivity index (χ2v) is 6.32. The number of benzene rings is 1. The molecule has 3 rings (SSSR count). The van der Waals surface area contributed by atoms with Crippen LogP contribution in [0.2, 0.25) is 0 Å². The van der Waals surface area contributed by atoms with Gasteiger partial charge in [0.25, 0.3) is 5.91 Å². The van der Waals surface area contributed by atoms with Gasteiger partial charge in [-0.3, -0.25) is 4.79 Å². The van der Waals surface area contributed by atoms with Crippen LogP contribution in [0.1, 0.15) is 23.2 Å². The quantitative estimate of drug-likeness (QED) is 0.889. The Hall–Kier alpha value is -1.55. The first kappa shape index (κ1) is 13.4. The second kappa shape index (κ2) is 5.09. The van der Waals surface area contributed by atoms with Crippen LogP contribution in [0.15, 0.2) is 24.3 Å². The highest BCUT2D eigenvalue weighted by molar-refractivity contribution is 5.94. The molecule has 4 nitrogen and oxygen atoms in total. The lowest BCUT2D eigenvalue weighted by Crippen LogP contribution is -2.33. The maximum Gasteiger partial charge on any atom is 0.253 e. The number of likely N-dealkylation sites (tertiary alicyclic amines) is 1. The van der Waals surface area contributed by atoms with E-state index in [9.17, 15) is 4.79 Å². The van der Waals surface area contributed by atoms with Crippen LogP contribution in [-0.4, -0.2) is 44.0 Å². The van der Waals surface area contributed by atoms with Gasteiger partial charge in [0.2, 0.25) is 0 Å². The third-order valence-corrected chi connectivity index (χ3v) is 4.83. The molecule has 1 aliphatic heterocycles. The lowest BCUT2D eigenvalue weighted by atomic mass is 9.98. The van der Waals surface area contributed by atoms with Gasteiger partial charge >= 0.3 is 0 Å². The van der Waals surface area contributed by atoms with Gasteiger partial charge in [-0.25, -0.2) is 0 Å². The van der Waals surface area contributed by atoms with Crippen LogP contribution >= 0.6 is 0 Å². The Morgan fingerprint density at radius 2 is 1.90 bits per heavy atom. The van der Waals surface area contributed by atoms with Crippen molar-refractivity contribution in [3.63, 3.8) is 0 Å². The van der Waals surface area contributed by atoms with E-state index < -0.39 is 0 Å². The summed E-state index contributed by atoms with van der Waals surface area (Å²) >= 11 is 0. The van der Waals surface area contributed by atoms with Crippen molar-refractivity contribution >= 4 is 11.6 Å². The molecule has 20 heavy (non-hydrogen) atoms. The number of fused-ring (bicyclic) bond motifs is 1. The van der Waals surface area contributed by atoms with E-state index in [-0.39, 0.29) is 11.9 Å². The molecule has 108 valence electrons. The summed E-state index contributed by atoms with van der Waals surface area (Å²) in [6.45, 7) is 1.72. The summed E-state index contributed by atoms with van der Waals surface area (Å²) in [5.41, 5.74) is 8.03. The van der Waals surface area contributed by atoms with Gasteiger partial charge in [0.05, 0.1) is 0 Å². The molecule has 1 aromatic carbocycles. The SMILES string of the molecule is CN(C)c1ccc(C(=O)N2CC3CCC(N)C3C2)cc1. The Morgan fingerprint density at radius 1 is 1.20 bits per heavy atom. The normalized spacial score (nSPS) is 28.6. The fourth-order valence-electron chi connectivity index (χ4n) is 3.56. The molecule has 0 aromatic heterocycles. The van der Waals surface area contributed by atoms with E-state index in [1.54, 1.807) is 0 Å². The summed E-state index contributed by atoms with van der Waals surface area (Å²) < 4.78 is 0. The summed E-state index contributed by atoms with van der Waals surface area (Å²) in [6.07, 6.45) is 2.30. The maximum absolute atomic E-state index is 12.5. The number of hydrogen-bond acceptors (Lipinski definition) is 3. The molecule has 3 atom stereocenters. The molecule has 3 unspecified atom stereocenters. The van der Waals surface area contributed by atoms with Crippen LogP contribution in [0.25, 0.3) is 0 Å². The Morgan fingerprint density at radius 3 is 2.50 bits per heavy atom. The zero-order valence-electron chi connectivity index (χ0n) is 12.2. The van der Waals surface area contributed by atoms with Crippen LogP contribution in [0.4, 0.5) is 5.69 Å². The molecular weight excluding hydrogens is 250 g/mol. The van der Waals surface area contributed by atoms with Crippen molar-refractivity contribution in [1.82, 2.24) is 4.90 Å². The van der Waals surface area contributed by atoms with Crippen molar-refractivity contribution in [2.24, 2.45) is 17.6 Å². The molecule has 1 heterocycles. The zero-order valence-corrected chi connectivity index (χ0v) is 12.2. The van der Waals surface area contributed by atoms with Gasteiger partial charge in [0, 0.05) is 44.5 Å². The largest absolute Gasteiger partial charge is 0.378 e. The van der Waals surface area contributed by atoms with E-state index in [2.05, 4.69) is 0 Å². The first-order valence-corrected chi connectivity index (χ1v) is 7.38. The molecule has 0 radical (unpaired) electrons. The molecule has 1 amide bonds. The van der Waals surface area contributed by atoms with E-state index >= 15 is 0 Å². The number of carbonyl (C=O) groups excluding carboxylic acids is 1. The number of anilines is 1. The summed E-state index contributed by atoms with van der Waals surface area (Å²) in [5, 5.41) is 0. The topological polar surface area (TPSA) is 49.6 Å². The fraction of sp³-hybridized carbons (Fsp3) is 0.562. The van der Waals surface area contributed by atoms with Crippen molar-refractivity contribution in [1.29, 1.82) is 0 Å². The first-order chi connectivity index (χ1) is 9.56. The van der Waals surface area contributed by atoms with Crippen molar-refractivity contribution in [2.45, 2.75) is 18.9 Å². The van der Waals surface area contributed by atoms with Gasteiger partial charge in [-0.05, 0) is 48.9 Å². The molecule has 4 heteroatoms. The van der Waals surface area contributed by atoms with E-state index in [0.717, 1.165) is 30.8 Å². The fourth-order valence-corrected chi connectivity index (χ4v) is 3.56. The third kappa shape index (κ3) is 2.29. The molecular formula is C16H23N3O. The van der Waals surface area contributed by atoms with Gasteiger partial charge < -0.3 is 15.5 Å². The molecule has 0 bridgehead atoms. The maximum atomic E-state index is 12.5. The molecule has 1 saturated carbocycles. The number of carbonyl (C=O) groups is 1. The Labute approximate surface area is 120 Å². The van der Waals surface area contributed by atoms with E-state index in [1.165, 1.54) is 6.42 Å². The van der Waals surface area contributed by atoms with Crippen LogP contribution in [0.3, 0.4) is 0 Å². The highest BCUT2D eigenvalue weighted by Gasteiger charge is 2.42. The van der Waals surface area contributed by atoms with E-state index in [4.69, 9.17) is 5.73 Å². The summed E-state index contributed by atoms with van der Waals surface area (Å²) in [4.78, 5) is 16.6. The summed E-state index contributed by atoms with van der Waals surface area (Å²) in [6, 6.07) is 8.12. The minimum atomic E-state index is 0.150. The number of nitrogens with zero attached hydrogens (tertiary/aromatic N) is 2. The summed E-state index contributed by atoms with van der Waals surface area (Å²) in [5.74, 6) is 1.28. The second-order valence-electron chi connectivity index (χ2n) is 6.32. The monoisotopic (exact) mass is 273 g/mol. The molecule has 1 saturated heterocycles. The zero-order chi connectivity index (χ0) is 14.3. The van der Waals surface area contributed by atoms with Crippen LogP contribution in [0.5, 0.6) is 0 Å². The Kier molecular flexibility index (Phi) is 3.42. The first-order valence-electron chi connectivity index (χ1n) is 7.38. The smallest absolute Gasteiger partial charge is 0.253 e. The molecule has 2 aliphatic rings. The number of nitrogens with two attached hydrogens (primary N) is 1. The Bertz CT molecular complexity index is 497. The standard InChI is InChI=1S/C16H23N3O/c1-18(2)13-6-3-11(4-7-13)16(20)19-9-12-5-8-15(17)14(12)10-19/h3-4,6-7,12,14-15H,5,8-10,17H2,1-2H3. The van der Waals surface area contributed by atoms with Crippen molar-refractivity contribution in [3.8, 4) is 0 Å². The highest BCUT2D eigenvalue weighted by atomic mass is 16.2. The lowest BCUT2D eigenvalue weighted by molar-refractivity contribution is 0.0779. The van der Waals surface area contributed by atoms with Crippen LogP contribution in [-0.2, 0) is 0 Å². The number of hydrogen-bond donors (Lipinski definition) is 1. The van der Waals surface area contributed by atoms with Crippen molar-refractivity contribution in [2.75, 3.05) is 32.1 Å². The average molecular weight is 273 g/mol. The number of rotatable bonds is 2. The van der Waals surface area contributed by atoms with Gasteiger partial charge in [-0.15, -0.1) is 0 Å². The van der Waals surface area contributed by atoms with Crippen LogP contribution in [0, 0.1) is 11.8 Å². The molecule has 2 fully saturated rings. The van der Waals surface area contributed by atoms with Gasteiger partial charge in [0.15, 0.2) is 0 Å².